The molecule has 0 atom stereocenters. The molecule has 17 heavy (non-hydrogen) atoms. The molecule has 0 bridgehead atoms. The van der Waals surface area contributed by atoms with Crippen molar-refractivity contribution < 1.29 is 18.8 Å². The average molecular weight is 239 g/mol. The number of ether oxygens (including phenoxy) is 1. The van der Waals surface area contributed by atoms with Crippen molar-refractivity contribution in [2.45, 2.75) is 25.1 Å². The predicted octanol–water partition coefficient (Wildman–Crippen LogP) is 2.25. The minimum Gasteiger partial charge on any atom is -0.459 e. The van der Waals surface area contributed by atoms with E-state index in [1.54, 1.807) is 0 Å². The van der Waals surface area contributed by atoms with Crippen molar-refractivity contribution >= 4 is 11.7 Å². The first-order valence-electron chi connectivity index (χ1n) is 5.16. The van der Waals surface area contributed by atoms with Crippen LogP contribution in [0.2, 0.25) is 0 Å². The molecule has 0 aliphatic heterocycles. The maximum atomic E-state index is 12.5. The molecule has 1 aromatic carbocycles. The van der Waals surface area contributed by atoms with Gasteiger partial charge in [-0.3, -0.25) is 10.1 Å². The minimum atomic E-state index is -0.885. The molecule has 1 aliphatic rings. The van der Waals surface area contributed by atoms with Gasteiger partial charge in [0.1, 0.15) is 12.3 Å². The van der Waals surface area contributed by atoms with Gasteiger partial charge in [0.05, 0.1) is 10.5 Å². The van der Waals surface area contributed by atoms with E-state index in [0.717, 1.165) is 0 Å². The molecule has 5 nitrogen and oxygen atoms in total. The third-order valence-electron chi connectivity index (χ3n) is 2.62. The second-order valence-electron chi connectivity index (χ2n) is 3.90. The van der Waals surface area contributed by atoms with Crippen LogP contribution in [-0.4, -0.2) is 23.2 Å². The van der Waals surface area contributed by atoms with Crippen molar-refractivity contribution in [1.82, 2.24) is 0 Å². The number of benzene rings is 1. The quantitative estimate of drug-likeness (QED) is 0.461. The molecule has 0 aromatic heterocycles. The van der Waals surface area contributed by atoms with E-state index in [4.69, 9.17) is 4.74 Å². The van der Waals surface area contributed by atoms with Crippen molar-refractivity contribution in [2.24, 2.45) is 0 Å². The van der Waals surface area contributed by atoms with Crippen molar-refractivity contribution in [3.05, 3.63) is 39.9 Å². The topological polar surface area (TPSA) is 69.4 Å². The Hall–Kier alpha value is -1.98. The molecule has 0 amide bonds. The number of non-ortho nitro benzene ring substituents is 1. The molecule has 1 saturated carbocycles. The standard InChI is InChI=1S/C11H10FNO4/c12-8-5-10(6-8)17-11(14)7-1-3-9(4-2-7)13(15)16/h1-4,8,10H,5-6H2. The summed E-state index contributed by atoms with van der Waals surface area (Å²) in [6.45, 7) is 0. The van der Waals surface area contributed by atoms with Gasteiger partial charge in [0.25, 0.3) is 5.69 Å². The Kier molecular flexibility index (Phi) is 3.03. The van der Waals surface area contributed by atoms with E-state index in [1.807, 2.05) is 0 Å². The van der Waals surface area contributed by atoms with E-state index in [9.17, 15) is 19.3 Å². The van der Waals surface area contributed by atoms with Crippen LogP contribution in [-0.2, 0) is 4.74 Å². The third-order valence-corrected chi connectivity index (χ3v) is 2.62. The predicted molar refractivity (Wildman–Crippen MR) is 56.4 cm³/mol. The third kappa shape index (κ3) is 2.58. The highest BCUT2D eigenvalue weighted by Gasteiger charge is 2.32. The lowest BCUT2D eigenvalue weighted by Crippen LogP contribution is -2.34. The number of halogens is 1. The molecule has 0 radical (unpaired) electrons. The van der Waals surface area contributed by atoms with Crippen molar-refractivity contribution in [1.29, 1.82) is 0 Å². The highest BCUT2D eigenvalue weighted by molar-refractivity contribution is 5.89. The number of esters is 1. The number of nitro groups is 1. The Morgan fingerprint density at radius 3 is 2.41 bits per heavy atom. The summed E-state index contributed by atoms with van der Waals surface area (Å²) in [7, 11) is 0. The summed E-state index contributed by atoms with van der Waals surface area (Å²) >= 11 is 0. The van der Waals surface area contributed by atoms with Gasteiger partial charge in [0, 0.05) is 25.0 Å². The molecule has 90 valence electrons. The lowest BCUT2D eigenvalue weighted by Gasteiger charge is -2.28. The molecular weight excluding hydrogens is 229 g/mol. The van der Waals surface area contributed by atoms with E-state index in [-0.39, 0.29) is 30.2 Å². The van der Waals surface area contributed by atoms with Crippen LogP contribution in [0.5, 0.6) is 0 Å². The average Bonchev–Trinajstić information content (AvgIpc) is 2.27. The van der Waals surface area contributed by atoms with Gasteiger partial charge in [-0.2, -0.15) is 0 Å². The van der Waals surface area contributed by atoms with Gasteiger partial charge >= 0.3 is 5.97 Å². The Bertz CT molecular complexity index is 439. The normalized spacial score (nSPS) is 22.6. The molecule has 0 saturated heterocycles. The van der Waals surface area contributed by atoms with E-state index in [0.29, 0.717) is 0 Å². The molecule has 1 aliphatic carbocycles. The van der Waals surface area contributed by atoms with Gasteiger partial charge in [-0.25, -0.2) is 9.18 Å². The van der Waals surface area contributed by atoms with Crippen molar-refractivity contribution in [2.75, 3.05) is 0 Å². The Morgan fingerprint density at radius 2 is 1.94 bits per heavy atom. The molecule has 6 heteroatoms. The largest absolute Gasteiger partial charge is 0.459 e. The van der Waals surface area contributed by atoms with Crippen molar-refractivity contribution in [3.63, 3.8) is 0 Å². The summed E-state index contributed by atoms with van der Waals surface area (Å²) in [5.74, 6) is -0.572. The number of alkyl halides is 1. The van der Waals surface area contributed by atoms with Crippen LogP contribution in [0.1, 0.15) is 23.2 Å². The van der Waals surface area contributed by atoms with Crippen LogP contribution in [0.25, 0.3) is 0 Å². The first kappa shape index (κ1) is 11.5. The summed E-state index contributed by atoms with van der Waals surface area (Å²) in [5.41, 5.74) is 0.145. The number of carbonyl (C=O) groups excluding carboxylic acids is 1. The molecule has 0 heterocycles. The van der Waals surface area contributed by atoms with Crippen LogP contribution in [0.4, 0.5) is 10.1 Å². The maximum Gasteiger partial charge on any atom is 0.338 e. The van der Waals surface area contributed by atoms with E-state index in [2.05, 4.69) is 0 Å². The van der Waals surface area contributed by atoms with Gasteiger partial charge in [-0.05, 0) is 12.1 Å². The maximum absolute atomic E-state index is 12.5. The Labute approximate surface area is 96.3 Å². The van der Waals surface area contributed by atoms with Gasteiger partial charge in [0.2, 0.25) is 0 Å². The molecule has 0 unspecified atom stereocenters. The number of hydrogen-bond acceptors (Lipinski definition) is 4. The number of nitro benzene ring substituents is 1. The number of carbonyl (C=O) groups is 1. The van der Waals surface area contributed by atoms with Crippen LogP contribution >= 0.6 is 0 Å². The molecule has 2 rings (SSSR count). The molecule has 0 N–H and O–H groups in total. The SMILES string of the molecule is O=C(OC1CC(F)C1)c1ccc([N+](=O)[O-])cc1. The first-order valence-corrected chi connectivity index (χ1v) is 5.16. The fraction of sp³-hybridized carbons (Fsp3) is 0.364. The van der Waals surface area contributed by atoms with Crippen LogP contribution < -0.4 is 0 Å². The van der Waals surface area contributed by atoms with Gasteiger partial charge in [0.15, 0.2) is 0 Å². The second kappa shape index (κ2) is 4.48. The number of hydrogen-bond donors (Lipinski definition) is 0. The molecular formula is C11H10FNO4. The molecule has 1 aromatic rings. The fourth-order valence-electron chi connectivity index (χ4n) is 1.54. The number of rotatable bonds is 3. The fourth-order valence-corrected chi connectivity index (χ4v) is 1.54. The van der Waals surface area contributed by atoms with E-state index in [1.165, 1.54) is 24.3 Å². The van der Waals surface area contributed by atoms with Crippen molar-refractivity contribution in [3.8, 4) is 0 Å². The Balaban J connectivity index is 1.97. The zero-order valence-corrected chi connectivity index (χ0v) is 8.84. The summed E-state index contributed by atoms with van der Waals surface area (Å²) in [4.78, 5) is 21.4. The zero-order chi connectivity index (χ0) is 12.4. The molecule has 1 fully saturated rings. The van der Waals surface area contributed by atoms with E-state index < -0.39 is 17.1 Å². The van der Waals surface area contributed by atoms with Crippen LogP contribution in [0.15, 0.2) is 24.3 Å². The summed E-state index contributed by atoms with van der Waals surface area (Å²) in [5, 5.41) is 10.4. The van der Waals surface area contributed by atoms with Crippen LogP contribution in [0.3, 0.4) is 0 Å². The highest BCUT2D eigenvalue weighted by atomic mass is 19.1. The van der Waals surface area contributed by atoms with Crippen LogP contribution in [0, 0.1) is 10.1 Å². The van der Waals surface area contributed by atoms with Gasteiger partial charge in [-0.15, -0.1) is 0 Å². The monoisotopic (exact) mass is 239 g/mol. The smallest absolute Gasteiger partial charge is 0.338 e. The number of nitrogens with zero attached hydrogens (tertiary/aromatic N) is 1. The zero-order valence-electron chi connectivity index (χ0n) is 8.84. The highest BCUT2D eigenvalue weighted by Crippen LogP contribution is 2.27. The lowest BCUT2D eigenvalue weighted by molar-refractivity contribution is -0.384. The summed E-state index contributed by atoms with van der Waals surface area (Å²) in [6, 6.07) is 5.11. The Morgan fingerprint density at radius 1 is 1.35 bits per heavy atom. The minimum absolute atomic E-state index is 0.0889. The first-order chi connectivity index (χ1) is 8.06. The second-order valence-corrected chi connectivity index (χ2v) is 3.90. The molecule has 0 spiro atoms. The van der Waals surface area contributed by atoms with Gasteiger partial charge in [-0.1, -0.05) is 0 Å². The lowest BCUT2D eigenvalue weighted by atomic mass is 9.93. The van der Waals surface area contributed by atoms with Gasteiger partial charge < -0.3 is 4.74 Å². The van der Waals surface area contributed by atoms with E-state index >= 15 is 0 Å². The summed E-state index contributed by atoms with van der Waals surface area (Å²) < 4.78 is 17.5. The summed E-state index contributed by atoms with van der Waals surface area (Å²) in [6.07, 6.45) is -0.783.